The molecule has 0 unspecified atom stereocenters. The lowest BCUT2D eigenvalue weighted by molar-refractivity contribution is -0.118. The third-order valence-corrected chi connectivity index (χ3v) is 7.04. The standard InChI is InChI=1S/C19H30N2O3S2/c1-19(2,3)16-5-7-17(8-6-16)25-14-18(22)20-13-15-9-11-21(12-10-15)26(4,23)24/h5-8,15H,9-14H2,1-4H3,(H,20,22). The van der Waals surface area contributed by atoms with E-state index in [4.69, 9.17) is 0 Å². The molecule has 1 heterocycles. The number of amides is 1. The molecule has 0 radical (unpaired) electrons. The minimum Gasteiger partial charge on any atom is -0.355 e. The van der Waals surface area contributed by atoms with Crippen LogP contribution in [0.15, 0.2) is 29.2 Å². The number of rotatable bonds is 6. The molecule has 0 spiro atoms. The normalized spacial score (nSPS) is 17.2. The van der Waals surface area contributed by atoms with Gasteiger partial charge in [-0.15, -0.1) is 11.8 Å². The van der Waals surface area contributed by atoms with Crippen LogP contribution in [0.1, 0.15) is 39.2 Å². The number of hydrogen-bond donors (Lipinski definition) is 1. The number of sulfonamides is 1. The van der Waals surface area contributed by atoms with Gasteiger partial charge in [0.15, 0.2) is 0 Å². The summed E-state index contributed by atoms with van der Waals surface area (Å²) >= 11 is 1.54. The summed E-state index contributed by atoms with van der Waals surface area (Å²) < 4.78 is 24.5. The quantitative estimate of drug-likeness (QED) is 0.748. The zero-order chi connectivity index (χ0) is 19.4. The Morgan fingerprint density at radius 1 is 1.19 bits per heavy atom. The molecular formula is C19H30N2O3S2. The van der Waals surface area contributed by atoms with E-state index in [1.807, 2.05) is 0 Å². The predicted molar refractivity (Wildman–Crippen MR) is 108 cm³/mol. The van der Waals surface area contributed by atoms with Gasteiger partial charge in [0, 0.05) is 24.5 Å². The summed E-state index contributed by atoms with van der Waals surface area (Å²) in [5.41, 5.74) is 1.42. The van der Waals surface area contributed by atoms with Crippen molar-refractivity contribution in [3.05, 3.63) is 29.8 Å². The summed E-state index contributed by atoms with van der Waals surface area (Å²) in [5, 5.41) is 2.98. The van der Waals surface area contributed by atoms with Gasteiger partial charge in [-0.1, -0.05) is 32.9 Å². The number of carbonyl (C=O) groups is 1. The second-order valence-electron chi connectivity index (χ2n) is 7.97. The zero-order valence-electron chi connectivity index (χ0n) is 16.1. The van der Waals surface area contributed by atoms with Crippen LogP contribution in [0, 0.1) is 5.92 Å². The highest BCUT2D eigenvalue weighted by Crippen LogP contribution is 2.25. The fourth-order valence-electron chi connectivity index (χ4n) is 2.95. The van der Waals surface area contributed by atoms with Gasteiger partial charge in [-0.2, -0.15) is 0 Å². The van der Waals surface area contributed by atoms with Crippen molar-refractivity contribution in [3.63, 3.8) is 0 Å². The van der Waals surface area contributed by atoms with Crippen LogP contribution < -0.4 is 5.32 Å². The van der Waals surface area contributed by atoms with Crippen LogP contribution >= 0.6 is 11.8 Å². The molecule has 1 fully saturated rings. The maximum absolute atomic E-state index is 12.1. The molecule has 5 nitrogen and oxygen atoms in total. The van der Waals surface area contributed by atoms with Crippen molar-refractivity contribution in [1.29, 1.82) is 0 Å². The van der Waals surface area contributed by atoms with Gasteiger partial charge in [0.1, 0.15) is 0 Å². The first-order chi connectivity index (χ1) is 12.1. The molecule has 1 aliphatic rings. The molecule has 0 saturated carbocycles. The maximum Gasteiger partial charge on any atom is 0.230 e. The first-order valence-electron chi connectivity index (χ1n) is 9.01. The molecule has 1 amide bonds. The Morgan fingerprint density at radius 2 is 1.77 bits per heavy atom. The third-order valence-electron chi connectivity index (χ3n) is 4.72. The molecule has 26 heavy (non-hydrogen) atoms. The van der Waals surface area contributed by atoms with E-state index in [0.717, 1.165) is 17.7 Å². The molecule has 1 aromatic carbocycles. The fraction of sp³-hybridized carbons (Fsp3) is 0.632. The number of benzene rings is 1. The summed E-state index contributed by atoms with van der Waals surface area (Å²) in [4.78, 5) is 13.2. The van der Waals surface area contributed by atoms with Gasteiger partial charge < -0.3 is 5.32 Å². The molecule has 7 heteroatoms. The van der Waals surface area contributed by atoms with E-state index in [9.17, 15) is 13.2 Å². The van der Waals surface area contributed by atoms with Crippen molar-refractivity contribution in [2.45, 2.75) is 43.9 Å². The topological polar surface area (TPSA) is 66.5 Å². The third kappa shape index (κ3) is 6.59. The van der Waals surface area contributed by atoms with Crippen molar-refractivity contribution in [1.82, 2.24) is 9.62 Å². The van der Waals surface area contributed by atoms with Gasteiger partial charge in [-0.3, -0.25) is 4.79 Å². The SMILES string of the molecule is CC(C)(C)c1ccc(SCC(=O)NCC2CCN(S(C)(=O)=O)CC2)cc1. The Bertz CT molecular complexity index is 701. The number of nitrogens with one attached hydrogen (secondary N) is 1. The molecule has 1 aromatic rings. The van der Waals surface area contributed by atoms with Gasteiger partial charge in [0.2, 0.25) is 15.9 Å². The molecule has 1 saturated heterocycles. The summed E-state index contributed by atoms with van der Waals surface area (Å²) in [6.07, 6.45) is 2.85. The number of thioether (sulfide) groups is 1. The van der Waals surface area contributed by atoms with Crippen molar-refractivity contribution < 1.29 is 13.2 Å². The van der Waals surface area contributed by atoms with E-state index in [1.54, 1.807) is 0 Å². The summed E-state index contributed by atoms with van der Waals surface area (Å²) in [6.45, 7) is 8.28. The molecule has 0 atom stereocenters. The molecule has 1 aliphatic heterocycles. The number of carbonyl (C=O) groups excluding carboxylic acids is 1. The second-order valence-corrected chi connectivity index (χ2v) is 11.0. The van der Waals surface area contributed by atoms with Gasteiger partial charge in [0.05, 0.1) is 12.0 Å². The fourth-order valence-corrected chi connectivity index (χ4v) is 4.56. The Balaban J connectivity index is 1.70. The first-order valence-corrected chi connectivity index (χ1v) is 11.8. The lowest BCUT2D eigenvalue weighted by Gasteiger charge is -2.30. The van der Waals surface area contributed by atoms with Crippen LogP contribution in [0.4, 0.5) is 0 Å². The molecule has 146 valence electrons. The first kappa shape index (κ1) is 21.3. The number of piperidine rings is 1. The van der Waals surface area contributed by atoms with Crippen LogP contribution in [-0.2, 0) is 20.2 Å². The Morgan fingerprint density at radius 3 is 2.27 bits per heavy atom. The van der Waals surface area contributed by atoms with E-state index < -0.39 is 10.0 Å². The van der Waals surface area contributed by atoms with E-state index in [-0.39, 0.29) is 11.3 Å². The lowest BCUT2D eigenvalue weighted by atomic mass is 9.87. The number of nitrogens with zero attached hydrogens (tertiary/aromatic N) is 1. The summed E-state index contributed by atoms with van der Waals surface area (Å²) in [5.74, 6) is 0.783. The van der Waals surface area contributed by atoms with Crippen LogP contribution in [0.5, 0.6) is 0 Å². The Labute approximate surface area is 162 Å². The monoisotopic (exact) mass is 398 g/mol. The van der Waals surface area contributed by atoms with Crippen LogP contribution in [0.25, 0.3) is 0 Å². The Kier molecular flexibility index (Phi) is 7.16. The minimum atomic E-state index is -3.09. The molecule has 0 aliphatic carbocycles. The van der Waals surface area contributed by atoms with E-state index in [1.165, 1.54) is 27.9 Å². The van der Waals surface area contributed by atoms with E-state index in [0.29, 0.717) is 31.3 Å². The number of hydrogen-bond acceptors (Lipinski definition) is 4. The van der Waals surface area contributed by atoms with Crippen molar-refractivity contribution >= 4 is 27.7 Å². The highest BCUT2D eigenvalue weighted by molar-refractivity contribution is 8.00. The van der Waals surface area contributed by atoms with Crippen LogP contribution in [0.3, 0.4) is 0 Å². The highest BCUT2D eigenvalue weighted by Gasteiger charge is 2.25. The van der Waals surface area contributed by atoms with Crippen LogP contribution in [-0.4, -0.2) is 50.3 Å². The molecule has 2 rings (SSSR count). The highest BCUT2D eigenvalue weighted by atomic mass is 32.2. The summed E-state index contributed by atoms with van der Waals surface area (Å²) in [7, 11) is -3.09. The lowest BCUT2D eigenvalue weighted by Crippen LogP contribution is -2.41. The van der Waals surface area contributed by atoms with Gasteiger partial charge in [-0.05, 0) is 41.9 Å². The van der Waals surface area contributed by atoms with Crippen LogP contribution in [0.2, 0.25) is 0 Å². The maximum atomic E-state index is 12.1. The summed E-state index contributed by atoms with van der Waals surface area (Å²) in [6, 6.07) is 8.38. The van der Waals surface area contributed by atoms with Crippen molar-refractivity contribution in [2.75, 3.05) is 31.6 Å². The van der Waals surface area contributed by atoms with Crippen molar-refractivity contribution in [3.8, 4) is 0 Å². The minimum absolute atomic E-state index is 0.0282. The van der Waals surface area contributed by atoms with Crippen molar-refractivity contribution in [2.24, 2.45) is 5.92 Å². The molecule has 0 aromatic heterocycles. The van der Waals surface area contributed by atoms with E-state index >= 15 is 0 Å². The average Bonchev–Trinajstić information content (AvgIpc) is 2.57. The van der Waals surface area contributed by atoms with Gasteiger partial charge >= 0.3 is 0 Å². The second kappa shape index (κ2) is 8.76. The molecular weight excluding hydrogens is 368 g/mol. The molecule has 1 N–H and O–H groups in total. The van der Waals surface area contributed by atoms with Gasteiger partial charge in [0.25, 0.3) is 0 Å². The zero-order valence-corrected chi connectivity index (χ0v) is 17.8. The van der Waals surface area contributed by atoms with E-state index in [2.05, 4.69) is 50.4 Å². The Hall–Kier alpha value is -1.05. The molecule has 0 bridgehead atoms. The smallest absolute Gasteiger partial charge is 0.230 e. The predicted octanol–water partition coefficient (Wildman–Crippen LogP) is 2.86. The largest absolute Gasteiger partial charge is 0.355 e. The van der Waals surface area contributed by atoms with Gasteiger partial charge in [-0.25, -0.2) is 12.7 Å². The average molecular weight is 399 g/mol.